The predicted molar refractivity (Wildman–Crippen MR) is 54.7 cm³/mol. The Kier molecular flexibility index (Phi) is 13.7. The van der Waals surface area contributed by atoms with E-state index in [0.717, 1.165) is 0 Å². The number of hydrogen-bond acceptors (Lipinski definition) is 2. The van der Waals surface area contributed by atoms with E-state index in [1.54, 1.807) is 0 Å². The average Bonchev–Trinajstić information content (AvgIpc) is 2.00. The Balaban J connectivity index is 0. The van der Waals surface area contributed by atoms with Crippen LogP contribution in [-0.2, 0) is 0 Å². The molecule has 0 aromatic rings. The maximum Gasteiger partial charge on any atom is 1.00 e. The van der Waals surface area contributed by atoms with E-state index in [1.807, 2.05) is 5.75 Å². The van der Waals surface area contributed by atoms with Crippen molar-refractivity contribution in [3.8, 4) is 0 Å². The summed E-state index contributed by atoms with van der Waals surface area (Å²) in [6, 6.07) is 0. The zero-order valence-corrected chi connectivity index (χ0v) is 16.0. The monoisotopic (exact) mass is 310 g/mol. The summed E-state index contributed by atoms with van der Waals surface area (Å²) < 4.78 is 0. The van der Waals surface area contributed by atoms with Gasteiger partial charge in [-0.15, -0.1) is 5.92 Å². The van der Waals surface area contributed by atoms with Gasteiger partial charge in [0, 0.05) is 0 Å². The zero-order valence-electron chi connectivity index (χ0n) is 7.91. The summed E-state index contributed by atoms with van der Waals surface area (Å²) in [6.45, 7) is 6.57. The summed E-state index contributed by atoms with van der Waals surface area (Å²) in [7, 11) is 0. The van der Waals surface area contributed by atoms with Crippen molar-refractivity contribution in [3.05, 3.63) is 5.75 Å². The molecule has 3 heteroatoms. The minimum atomic E-state index is 0. The first-order valence-corrected chi connectivity index (χ1v) is 4.82. The average molecular weight is 310 g/mol. The van der Waals surface area contributed by atoms with Crippen molar-refractivity contribution in [2.75, 3.05) is 0 Å². The first-order valence-electron chi connectivity index (χ1n) is 3.79. The topological polar surface area (TPSA) is 0 Å². The Bertz CT molecular complexity index is 78.2. The number of thiol groups is 2. The molecule has 0 radical (unpaired) electrons. The van der Waals surface area contributed by atoms with Crippen LogP contribution in [0.1, 0.15) is 27.2 Å². The molecule has 62 valence electrons. The van der Waals surface area contributed by atoms with Gasteiger partial charge in [-0.3, -0.25) is 5.75 Å². The van der Waals surface area contributed by atoms with Gasteiger partial charge in [-0.2, -0.15) is 12.6 Å². The van der Waals surface area contributed by atoms with Crippen LogP contribution in [0.5, 0.6) is 0 Å². The molecule has 0 aliphatic carbocycles. The van der Waals surface area contributed by atoms with Gasteiger partial charge < -0.3 is 12.6 Å². The van der Waals surface area contributed by atoms with Gasteiger partial charge in [0.1, 0.15) is 0 Å². The molecule has 0 heterocycles. The van der Waals surface area contributed by atoms with Crippen molar-refractivity contribution in [2.24, 2.45) is 11.8 Å². The minimum Gasteiger partial charge on any atom is -0.369 e. The van der Waals surface area contributed by atoms with Crippen LogP contribution in [0.2, 0.25) is 0 Å². The largest absolute Gasteiger partial charge is 1.00 e. The molecule has 0 amide bonds. The van der Waals surface area contributed by atoms with E-state index in [4.69, 9.17) is 0 Å². The van der Waals surface area contributed by atoms with E-state index in [-0.39, 0.29) is 68.9 Å². The molecule has 0 aromatic carbocycles. The van der Waals surface area contributed by atoms with E-state index in [2.05, 4.69) is 46.0 Å². The van der Waals surface area contributed by atoms with Crippen LogP contribution < -0.4 is 68.9 Å². The summed E-state index contributed by atoms with van der Waals surface area (Å²) in [6.07, 6.45) is 1.19. The summed E-state index contributed by atoms with van der Waals surface area (Å²) in [5.74, 6) is 3.10. The van der Waals surface area contributed by atoms with Crippen molar-refractivity contribution < 1.29 is 68.9 Å². The van der Waals surface area contributed by atoms with Gasteiger partial charge in [0.15, 0.2) is 0 Å². The second-order valence-corrected chi connectivity index (χ2v) is 3.78. The third kappa shape index (κ3) is 6.77. The Labute approximate surface area is 141 Å². The van der Waals surface area contributed by atoms with Crippen molar-refractivity contribution in [1.82, 2.24) is 0 Å². The van der Waals surface area contributed by atoms with Crippen LogP contribution in [0.25, 0.3) is 0 Å². The first-order chi connectivity index (χ1) is 4.63. The fourth-order valence-electron chi connectivity index (χ4n) is 0.848. The zero-order chi connectivity index (χ0) is 8.15. The van der Waals surface area contributed by atoms with Crippen LogP contribution in [-0.4, -0.2) is 5.25 Å². The van der Waals surface area contributed by atoms with Gasteiger partial charge in [-0.05, 0) is 11.2 Å². The summed E-state index contributed by atoms with van der Waals surface area (Å²) >= 11 is 8.61. The predicted octanol–water partition coefficient (Wildman–Crippen LogP) is 0.0626. The molecule has 0 aliphatic heterocycles. The van der Waals surface area contributed by atoms with Crippen molar-refractivity contribution in [2.45, 2.75) is 32.4 Å². The summed E-state index contributed by atoms with van der Waals surface area (Å²) in [5.41, 5.74) is 0. The van der Waals surface area contributed by atoms with Crippen molar-refractivity contribution in [3.63, 3.8) is 0 Å². The maximum absolute atomic E-state index is 4.50. The van der Waals surface area contributed by atoms with Gasteiger partial charge in [0.05, 0.1) is 0 Å². The molecule has 0 saturated carbocycles. The smallest absolute Gasteiger partial charge is 0.369 e. The number of rotatable bonds is 4. The van der Waals surface area contributed by atoms with Crippen LogP contribution in [0.15, 0.2) is 0 Å². The normalized spacial score (nSPS) is 18.3. The van der Waals surface area contributed by atoms with E-state index >= 15 is 0 Å². The fourth-order valence-corrected chi connectivity index (χ4v) is 1.47. The molecule has 0 aliphatic rings. The van der Waals surface area contributed by atoms with Crippen LogP contribution in [0, 0.1) is 17.6 Å². The van der Waals surface area contributed by atoms with Crippen molar-refractivity contribution >= 4 is 25.3 Å². The van der Waals surface area contributed by atoms with Gasteiger partial charge in [-0.25, -0.2) is 0 Å². The van der Waals surface area contributed by atoms with Crippen LogP contribution in [0.3, 0.4) is 0 Å². The van der Waals surface area contributed by atoms with Gasteiger partial charge in [0.2, 0.25) is 0 Å². The van der Waals surface area contributed by atoms with Crippen LogP contribution in [0.4, 0.5) is 0 Å². The molecular weight excluding hydrogens is 293 g/mol. The molecular formula is C8H17CsS2. The maximum atomic E-state index is 4.50. The molecule has 0 spiro atoms. The van der Waals surface area contributed by atoms with Crippen LogP contribution >= 0.6 is 25.3 Å². The quantitative estimate of drug-likeness (QED) is 0.533. The molecule has 0 aromatic heterocycles. The number of hydrogen-bond donors (Lipinski definition) is 2. The molecule has 0 nitrogen and oxygen atoms in total. The summed E-state index contributed by atoms with van der Waals surface area (Å²) in [5, 5.41) is 0.461. The van der Waals surface area contributed by atoms with E-state index in [9.17, 15) is 0 Å². The molecule has 0 fully saturated rings. The molecule has 0 saturated heterocycles. The second kappa shape index (κ2) is 9.31. The van der Waals surface area contributed by atoms with E-state index in [1.165, 1.54) is 6.42 Å². The third-order valence-electron chi connectivity index (χ3n) is 2.00. The Morgan fingerprint density at radius 3 is 2.09 bits per heavy atom. The Morgan fingerprint density at radius 1 is 1.36 bits per heavy atom. The van der Waals surface area contributed by atoms with E-state index in [0.29, 0.717) is 17.1 Å². The minimum absolute atomic E-state index is 0. The Morgan fingerprint density at radius 2 is 1.82 bits per heavy atom. The molecule has 0 rings (SSSR count). The van der Waals surface area contributed by atoms with E-state index < -0.39 is 0 Å². The molecule has 11 heavy (non-hydrogen) atoms. The summed E-state index contributed by atoms with van der Waals surface area (Å²) in [4.78, 5) is 0. The molecule has 0 bridgehead atoms. The standard InChI is InChI=1S/C8H17S2.Cs/c1-4-6(2)8(10)7(3)5-9;/h5-10H,4H2,1-3H3;/q-1;+1. The molecule has 0 N–H and O–H groups in total. The second-order valence-electron chi connectivity index (χ2n) is 2.88. The third-order valence-corrected chi connectivity index (χ3v) is 3.45. The van der Waals surface area contributed by atoms with Crippen molar-refractivity contribution in [1.29, 1.82) is 0 Å². The molecule has 3 atom stereocenters. The molecule has 3 unspecified atom stereocenters. The van der Waals surface area contributed by atoms with Gasteiger partial charge >= 0.3 is 68.9 Å². The Hall–Kier alpha value is 2.75. The van der Waals surface area contributed by atoms with Gasteiger partial charge in [-0.1, -0.05) is 27.2 Å². The fraction of sp³-hybridized carbons (Fsp3) is 0.875. The first kappa shape index (κ1) is 16.2. The van der Waals surface area contributed by atoms with Gasteiger partial charge in [0.25, 0.3) is 0 Å². The SMILES string of the molecule is CCC(C)C(S)C(C)[CH-]S.[Cs+].